The Morgan fingerprint density at radius 3 is 2.48 bits per heavy atom. The summed E-state index contributed by atoms with van der Waals surface area (Å²) in [5.41, 5.74) is 2.14. The van der Waals surface area contributed by atoms with Crippen molar-refractivity contribution < 1.29 is 14.6 Å². The van der Waals surface area contributed by atoms with E-state index in [9.17, 15) is 9.50 Å². The monoisotopic (exact) mass is 487 g/mol. The normalized spacial score (nSPS) is 12.2. The molecule has 0 saturated heterocycles. The van der Waals surface area contributed by atoms with Crippen LogP contribution in [0.3, 0.4) is 0 Å². The van der Waals surface area contributed by atoms with Crippen LogP contribution < -0.4 is 10.6 Å². The van der Waals surface area contributed by atoms with Crippen molar-refractivity contribution in [3.63, 3.8) is 0 Å². The standard InChI is InChI=1S/C20H26FN3O2.HI/c1-2-22-20(23-11-15-8-9-19(21)17(10-15)13-25)24-12-18(14-26)16-6-4-3-5-7-16;/h3-10,18,25-26H,2,11-14H2,1H3,(H2,22,23,24);1H. The van der Waals surface area contributed by atoms with Crippen molar-refractivity contribution in [1.82, 2.24) is 10.6 Å². The molecular weight excluding hydrogens is 460 g/mol. The van der Waals surface area contributed by atoms with E-state index >= 15 is 0 Å². The van der Waals surface area contributed by atoms with Crippen LogP contribution in [0, 0.1) is 5.82 Å². The Hall–Kier alpha value is -1.71. The molecule has 0 amide bonds. The van der Waals surface area contributed by atoms with Gasteiger partial charge < -0.3 is 20.8 Å². The van der Waals surface area contributed by atoms with E-state index in [-0.39, 0.29) is 48.7 Å². The van der Waals surface area contributed by atoms with Gasteiger partial charge in [0.15, 0.2) is 5.96 Å². The molecule has 2 rings (SSSR count). The Labute approximate surface area is 176 Å². The summed E-state index contributed by atoms with van der Waals surface area (Å²) in [5, 5.41) is 25.2. The smallest absolute Gasteiger partial charge is 0.191 e. The van der Waals surface area contributed by atoms with Crippen LogP contribution in [0.2, 0.25) is 0 Å². The van der Waals surface area contributed by atoms with Gasteiger partial charge in [-0.25, -0.2) is 9.38 Å². The zero-order valence-electron chi connectivity index (χ0n) is 15.4. The fraction of sp³-hybridized carbons (Fsp3) is 0.350. The second-order valence-electron chi connectivity index (χ2n) is 5.95. The molecule has 0 radical (unpaired) electrons. The molecule has 5 nitrogen and oxygen atoms in total. The molecule has 0 aliphatic carbocycles. The van der Waals surface area contributed by atoms with Crippen LogP contribution in [0.25, 0.3) is 0 Å². The van der Waals surface area contributed by atoms with Gasteiger partial charge >= 0.3 is 0 Å². The summed E-state index contributed by atoms with van der Waals surface area (Å²) in [6.07, 6.45) is 0. The minimum Gasteiger partial charge on any atom is -0.396 e. The van der Waals surface area contributed by atoms with Crippen LogP contribution in [0.5, 0.6) is 0 Å². The number of nitrogens with one attached hydrogen (secondary N) is 2. The zero-order valence-corrected chi connectivity index (χ0v) is 17.7. The number of halogens is 2. The molecule has 0 saturated carbocycles. The van der Waals surface area contributed by atoms with E-state index in [1.54, 1.807) is 12.1 Å². The lowest BCUT2D eigenvalue weighted by molar-refractivity contribution is 0.265. The largest absolute Gasteiger partial charge is 0.396 e. The van der Waals surface area contributed by atoms with Crippen LogP contribution in [0.1, 0.15) is 29.5 Å². The number of rotatable bonds is 8. The number of guanidine groups is 1. The van der Waals surface area contributed by atoms with Gasteiger partial charge in [-0.1, -0.05) is 36.4 Å². The van der Waals surface area contributed by atoms with E-state index in [0.717, 1.165) is 11.1 Å². The van der Waals surface area contributed by atoms with Gasteiger partial charge in [0, 0.05) is 24.6 Å². The average Bonchev–Trinajstić information content (AvgIpc) is 2.68. The highest BCUT2D eigenvalue weighted by molar-refractivity contribution is 14.0. The lowest BCUT2D eigenvalue weighted by atomic mass is 10.0. The van der Waals surface area contributed by atoms with E-state index in [4.69, 9.17) is 5.11 Å². The summed E-state index contributed by atoms with van der Waals surface area (Å²) in [6.45, 7) is 3.27. The first-order chi connectivity index (χ1) is 12.7. The van der Waals surface area contributed by atoms with Crippen molar-refractivity contribution in [2.75, 3.05) is 19.7 Å². The van der Waals surface area contributed by atoms with Crippen molar-refractivity contribution in [3.05, 3.63) is 71.0 Å². The maximum atomic E-state index is 13.5. The Morgan fingerprint density at radius 1 is 1.11 bits per heavy atom. The van der Waals surface area contributed by atoms with Gasteiger partial charge in [0.1, 0.15) is 5.82 Å². The quantitative estimate of drug-likeness (QED) is 0.263. The third kappa shape index (κ3) is 7.43. The molecule has 0 aliphatic heterocycles. The third-order valence-electron chi connectivity index (χ3n) is 4.05. The molecule has 0 spiro atoms. The molecule has 1 atom stereocenters. The molecule has 1 unspecified atom stereocenters. The highest BCUT2D eigenvalue weighted by Gasteiger charge is 2.11. The fourth-order valence-electron chi connectivity index (χ4n) is 2.59. The van der Waals surface area contributed by atoms with Crippen LogP contribution in [0.4, 0.5) is 4.39 Å². The first-order valence-electron chi connectivity index (χ1n) is 8.74. The summed E-state index contributed by atoms with van der Waals surface area (Å²) < 4.78 is 13.5. The van der Waals surface area contributed by atoms with E-state index in [1.165, 1.54) is 6.07 Å². The van der Waals surface area contributed by atoms with Gasteiger partial charge in [-0.3, -0.25) is 0 Å². The van der Waals surface area contributed by atoms with Gasteiger partial charge in [0.05, 0.1) is 19.8 Å². The summed E-state index contributed by atoms with van der Waals surface area (Å²) in [5.74, 6) is 0.169. The Bertz CT molecular complexity index is 714. The molecule has 148 valence electrons. The minimum atomic E-state index is -0.418. The summed E-state index contributed by atoms with van der Waals surface area (Å²) in [4.78, 5) is 4.50. The lowest BCUT2D eigenvalue weighted by Gasteiger charge is -2.18. The van der Waals surface area contributed by atoms with Crippen LogP contribution >= 0.6 is 24.0 Å². The molecule has 27 heavy (non-hydrogen) atoms. The topological polar surface area (TPSA) is 76.9 Å². The Morgan fingerprint density at radius 2 is 1.85 bits per heavy atom. The van der Waals surface area contributed by atoms with Gasteiger partial charge in [0.25, 0.3) is 0 Å². The number of aliphatic hydroxyl groups is 2. The summed E-state index contributed by atoms with van der Waals surface area (Å²) >= 11 is 0. The van der Waals surface area contributed by atoms with Crippen LogP contribution in [0.15, 0.2) is 53.5 Å². The van der Waals surface area contributed by atoms with E-state index in [1.807, 2.05) is 37.3 Å². The van der Waals surface area contributed by atoms with Gasteiger partial charge in [-0.05, 0) is 30.2 Å². The molecule has 2 aromatic rings. The number of aliphatic imine (C=N–C) groups is 1. The van der Waals surface area contributed by atoms with Gasteiger partial charge in [0.2, 0.25) is 0 Å². The number of benzene rings is 2. The highest BCUT2D eigenvalue weighted by atomic mass is 127. The van der Waals surface area contributed by atoms with Crippen molar-refractivity contribution >= 4 is 29.9 Å². The second kappa shape index (κ2) is 12.6. The summed E-state index contributed by atoms with van der Waals surface area (Å²) in [6, 6.07) is 14.4. The van der Waals surface area contributed by atoms with Gasteiger partial charge in [-0.2, -0.15) is 0 Å². The number of hydrogen-bond acceptors (Lipinski definition) is 3. The molecule has 2 aromatic carbocycles. The molecule has 0 fully saturated rings. The SMILES string of the molecule is CCNC(=NCc1ccc(F)c(CO)c1)NCC(CO)c1ccccc1.I. The zero-order chi connectivity index (χ0) is 18.8. The van der Waals surface area contributed by atoms with E-state index in [2.05, 4.69) is 15.6 Å². The Balaban J connectivity index is 0.00000364. The van der Waals surface area contributed by atoms with Crippen LogP contribution in [-0.4, -0.2) is 35.9 Å². The predicted molar refractivity (Wildman–Crippen MR) is 117 cm³/mol. The first kappa shape index (κ1) is 23.3. The average molecular weight is 487 g/mol. The molecule has 7 heteroatoms. The van der Waals surface area contributed by atoms with Crippen molar-refractivity contribution in [2.45, 2.75) is 26.0 Å². The number of hydrogen-bond donors (Lipinski definition) is 4. The minimum absolute atomic E-state index is 0. The number of nitrogens with zero attached hydrogens (tertiary/aromatic N) is 1. The van der Waals surface area contributed by atoms with E-state index < -0.39 is 5.82 Å². The number of aliphatic hydroxyl groups excluding tert-OH is 2. The molecule has 0 heterocycles. The predicted octanol–water partition coefficient (Wildman–Crippen LogP) is 2.77. The first-order valence-corrected chi connectivity index (χ1v) is 8.74. The maximum Gasteiger partial charge on any atom is 0.191 e. The van der Waals surface area contributed by atoms with E-state index in [0.29, 0.717) is 25.6 Å². The maximum absolute atomic E-state index is 13.5. The van der Waals surface area contributed by atoms with Gasteiger partial charge in [-0.15, -0.1) is 24.0 Å². The molecule has 0 aromatic heterocycles. The van der Waals surface area contributed by atoms with Crippen molar-refractivity contribution in [3.8, 4) is 0 Å². The molecule has 4 N–H and O–H groups in total. The molecule has 0 aliphatic rings. The van der Waals surface area contributed by atoms with Crippen LogP contribution in [-0.2, 0) is 13.2 Å². The summed E-state index contributed by atoms with van der Waals surface area (Å²) in [7, 11) is 0. The van der Waals surface area contributed by atoms with Crippen molar-refractivity contribution in [1.29, 1.82) is 0 Å². The Kier molecular flexibility index (Phi) is 10.9. The molecule has 0 bridgehead atoms. The third-order valence-corrected chi connectivity index (χ3v) is 4.05. The van der Waals surface area contributed by atoms with Crippen molar-refractivity contribution in [2.24, 2.45) is 4.99 Å². The second-order valence-corrected chi connectivity index (χ2v) is 5.95. The fourth-order valence-corrected chi connectivity index (χ4v) is 2.59. The highest BCUT2D eigenvalue weighted by Crippen LogP contribution is 2.14. The lowest BCUT2D eigenvalue weighted by Crippen LogP contribution is -2.39. The molecular formula is C20H27FIN3O2.